The number of fused-ring (bicyclic) bond motifs is 1. The van der Waals surface area contributed by atoms with Gasteiger partial charge in [0.15, 0.2) is 0 Å². The van der Waals surface area contributed by atoms with E-state index in [1.807, 2.05) is 30.3 Å². The summed E-state index contributed by atoms with van der Waals surface area (Å²) in [5.41, 5.74) is 10.1. The first-order valence-electron chi connectivity index (χ1n) is 11.7. The summed E-state index contributed by atoms with van der Waals surface area (Å²) in [6.07, 6.45) is 3.33. The Balaban J connectivity index is 0.00000253. The van der Waals surface area contributed by atoms with Crippen LogP contribution in [0, 0.1) is 11.7 Å². The van der Waals surface area contributed by atoms with E-state index < -0.39 is 11.1 Å². The lowest BCUT2D eigenvalue weighted by Gasteiger charge is -2.52. The number of nitrogens with zero attached hydrogens (tertiary/aromatic N) is 2. The Morgan fingerprint density at radius 2 is 1.71 bits per heavy atom. The number of hydrogen-bond acceptors (Lipinski definition) is 4. The van der Waals surface area contributed by atoms with Gasteiger partial charge in [0.1, 0.15) is 5.82 Å². The van der Waals surface area contributed by atoms with Gasteiger partial charge in [0, 0.05) is 35.3 Å². The second kappa shape index (κ2) is 8.26. The Labute approximate surface area is 208 Å². The molecule has 35 heavy (non-hydrogen) atoms. The summed E-state index contributed by atoms with van der Waals surface area (Å²) in [6, 6.07) is 19.5. The number of benzene rings is 2. The molecule has 0 aliphatic heterocycles. The molecule has 0 saturated heterocycles. The molecule has 4 aromatic rings. The van der Waals surface area contributed by atoms with Gasteiger partial charge in [0.05, 0.1) is 22.3 Å². The molecule has 0 bridgehead atoms. The van der Waals surface area contributed by atoms with E-state index in [0.29, 0.717) is 46.6 Å². The number of halogens is 2. The van der Waals surface area contributed by atoms with E-state index in [-0.39, 0.29) is 23.8 Å². The molecule has 0 atom stereocenters. The summed E-state index contributed by atoms with van der Waals surface area (Å²) in [6.45, 7) is 0. The topological polar surface area (TPSA) is 81.1 Å². The predicted octanol–water partition coefficient (Wildman–Crippen LogP) is 4.92. The molecule has 2 aromatic carbocycles. The highest BCUT2D eigenvalue weighted by Gasteiger charge is 2.58. The summed E-state index contributed by atoms with van der Waals surface area (Å²) in [5.74, 6) is 0.0433. The van der Waals surface area contributed by atoms with Crippen LogP contribution in [0.4, 0.5) is 4.39 Å². The molecule has 3 N–H and O–H groups in total. The molecule has 0 spiro atoms. The van der Waals surface area contributed by atoms with Crippen LogP contribution in [0.5, 0.6) is 0 Å². The zero-order valence-electron chi connectivity index (χ0n) is 19.4. The highest BCUT2D eigenvalue weighted by atomic mass is 35.5. The zero-order valence-corrected chi connectivity index (χ0v) is 20.2. The molecule has 2 heterocycles. The largest absolute Gasteiger partial charge is 0.389 e. The lowest BCUT2D eigenvalue weighted by Crippen LogP contribution is -2.60. The Hall–Kier alpha value is -3.06. The van der Waals surface area contributed by atoms with Crippen molar-refractivity contribution in [1.29, 1.82) is 0 Å². The number of aryl methyl sites for hydroxylation is 1. The van der Waals surface area contributed by atoms with Crippen molar-refractivity contribution >= 4 is 23.4 Å². The first-order chi connectivity index (χ1) is 16.3. The Kier molecular flexibility index (Phi) is 5.59. The maximum absolute atomic E-state index is 14.8. The normalized spacial score (nSPS) is 23.5. The van der Waals surface area contributed by atoms with Crippen molar-refractivity contribution < 1.29 is 9.50 Å². The fourth-order valence-corrected chi connectivity index (χ4v) is 5.51. The molecule has 2 aliphatic carbocycles. The van der Waals surface area contributed by atoms with Crippen LogP contribution in [0.25, 0.3) is 33.4 Å². The van der Waals surface area contributed by atoms with Crippen LogP contribution in [0.3, 0.4) is 0 Å². The highest BCUT2D eigenvalue weighted by Crippen LogP contribution is 2.57. The monoisotopic (exact) mass is 491 g/mol. The maximum atomic E-state index is 14.8. The molecule has 5 nitrogen and oxygen atoms in total. The van der Waals surface area contributed by atoms with Crippen molar-refractivity contribution in [2.24, 2.45) is 18.7 Å². The first kappa shape index (κ1) is 23.7. The molecule has 2 aromatic heterocycles. The van der Waals surface area contributed by atoms with Crippen molar-refractivity contribution in [3.8, 4) is 22.4 Å². The van der Waals surface area contributed by atoms with Gasteiger partial charge in [-0.3, -0.25) is 4.79 Å². The van der Waals surface area contributed by atoms with E-state index in [2.05, 4.69) is 0 Å². The fraction of sp³-hybridized carbons (Fsp3) is 0.286. The van der Waals surface area contributed by atoms with Crippen molar-refractivity contribution in [2.75, 3.05) is 0 Å². The summed E-state index contributed by atoms with van der Waals surface area (Å²) in [7, 11) is 1.69. The third-order valence-corrected chi connectivity index (χ3v) is 7.58. The molecule has 2 aliphatic rings. The summed E-state index contributed by atoms with van der Waals surface area (Å²) in [5, 5.41) is 10.8. The van der Waals surface area contributed by atoms with E-state index in [9.17, 15) is 14.3 Å². The van der Waals surface area contributed by atoms with Crippen molar-refractivity contribution in [2.45, 2.75) is 36.8 Å². The van der Waals surface area contributed by atoms with E-state index in [1.54, 1.807) is 31.3 Å². The molecule has 2 saturated carbocycles. The third kappa shape index (κ3) is 3.86. The zero-order chi connectivity index (χ0) is 23.7. The number of rotatable bonds is 4. The van der Waals surface area contributed by atoms with E-state index >= 15 is 0 Å². The molecule has 7 heteroatoms. The number of pyridine rings is 2. The Morgan fingerprint density at radius 3 is 2.37 bits per heavy atom. The summed E-state index contributed by atoms with van der Waals surface area (Å²) < 4.78 is 16.4. The van der Waals surface area contributed by atoms with Gasteiger partial charge in [-0.2, -0.15) is 0 Å². The van der Waals surface area contributed by atoms with Crippen LogP contribution in [0.15, 0.2) is 71.5 Å². The quantitative estimate of drug-likeness (QED) is 0.424. The molecule has 6 rings (SSSR count). The van der Waals surface area contributed by atoms with Crippen LogP contribution in [0.2, 0.25) is 0 Å². The van der Waals surface area contributed by atoms with Gasteiger partial charge in [-0.05, 0) is 55.4 Å². The fourth-order valence-electron chi connectivity index (χ4n) is 5.51. The molecule has 0 radical (unpaired) electrons. The lowest BCUT2D eigenvalue weighted by molar-refractivity contribution is -0.106. The van der Waals surface area contributed by atoms with Crippen LogP contribution in [-0.4, -0.2) is 20.3 Å². The average molecular weight is 492 g/mol. The van der Waals surface area contributed by atoms with Gasteiger partial charge in [-0.15, -0.1) is 12.4 Å². The van der Waals surface area contributed by atoms with Crippen LogP contribution >= 0.6 is 12.4 Å². The highest BCUT2D eigenvalue weighted by molar-refractivity contribution is 5.90. The molecular formula is C28H27ClFN3O2. The Morgan fingerprint density at radius 1 is 1.03 bits per heavy atom. The average Bonchev–Trinajstić information content (AvgIpc) is 3.67. The van der Waals surface area contributed by atoms with Gasteiger partial charge in [0.2, 0.25) is 0 Å². The van der Waals surface area contributed by atoms with Crippen molar-refractivity contribution in [3.05, 3.63) is 88.5 Å². The molecule has 0 unspecified atom stereocenters. The standard InChI is InChI=1S/C28H26FN3O2.ClH/c1-32-24-14-21(20-4-2-3-5-22(20)29)26(31-23(24)12-13-25(32)33)17-6-8-18(9-7-17)27(30)15-28(34,16-27)19-10-11-19;/h2-9,12-14,19,34H,10-11,15-16,30H2,1H3;1H. The molecule has 180 valence electrons. The second-order valence-electron chi connectivity index (χ2n) is 9.96. The van der Waals surface area contributed by atoms with Crippen LogP contribution in [0.1, 0.15) is 31.2 Å². The number of aromatic nitrogens is 2. The molecular weight excluding hydrogens is 465 g/mol. The smallest absolute Gasteiger partial charge is 0.250 e. The minimum Gasteiger partial charge on any atom is -0.389 e. The van der Waals surface area contributed by atoms with E-state index in [4.69, 9.17) is 10.7 Å². The number of hydrogen-bond donors (Lipinski definition) is 2. The predicted molar refractivity (Wildman–Crippen MR) is 138 cm³/mol. The van der Waals surface area contributed by atoms with Crippen molar-refractivity contribution in [1.82, 2.24) is 9.55 Å². The number of aliphatic hydroxyl groups is 1. The van der Waals surface area contributed by atoms with Gasteiger partial charge in [-0.25, -0.2) is 9.37 Å². The third-order valence-electron chi connectivity index (χ3n) is 7.58. The van der Waals surface area contributed by atoms with Crippen LogP contribution in [-0.2, 0) is 12.6 Å². The summed E-state index contributed by atoms with van der Waals surface area (Å²) >= 11 is 0. The SMILES string of the molecule is Cl.Cn1c(=O)ccc2nc(-c3ccc(C4(N)CC(O)(C5CC5)C4)cc3)c(-c3ccccc3F)cc21. The van der Waals surface area contributed by atoms with Gasteiger partial charge >= 0.3 is 0 Å². The molecule has 0 amide bonds. The lowest BCUT2D eigenvalue weighted by atomic mass is 9.60. The Bertz CT molecular complexity index is 1490. The second-order valence-corrected chi connectivity index (χ2v) is 9.96. The van der Waals surface area contributed by atoms with Gasteiger partial charge in [0.25, 0.3) is 5.56 Å². The van der Waals surface area contributed by atoms with Gasteiger partial charge < -0.3 is 15.4 Å². The van der Waals surface area contributed by atoms with E-state index in [0.717, 1.165) is 24.0 Å². The van der Waals surface area contributed by atoms with E-state index in [1.165, 1.54) is 16.7 Å². The minimum atomic E-state index is -0.624. The number of nitrogens with two attached hydrogens (primary N) is 1. The van der Waals surface area contributed by atoms with Gasteiger partial charge in [-0.1, -0.05) is 42.5 Å². The maximum Gasteiger partial charge on any atom is 0.250 e. The minimum absolute atomic E-state index is 0. The summed E-state index contributed by atoms with van der Waals surface area (Å²) in [4.78, 5) is 17.0. The first-order valence-corrected chi connectivity index (χ1v) is 11.7. The van der Waals surface area contributed by atoms with Crippen molar-refractivity contribution in [3.63, 3.8) is 0 Å². The van der Waals surface area contributed by atoms with Crippen LogP contribution < -0.4 is 11.3 Å². The molecule has 2 fully saturated rings.